The van der Waals surface area contributed by atoms with Crippen LogP contribution in [0.25, 0.3) is 0 Å². The van der Waals surface area contributed by atoms with Crippen LogP contribution in [0.3, 0.4) is 0 Å². The van der Waals surface area contributed by atoms with Gasteiger partial charge >= 0.3 is 0 Å². The highest BCUT2D eigenvalue weighted by Gasteiger charge is 2.38. The second kappa shape index (κ2) is 11.2. The number of carbonyl (C=O) groups is 1. The minimum absolute atomic E-state index is 0. The van der Waals surface area contributed by atoms with E-state index in [-0.39, 0.29) is 37.3 Å². The van der Waals surface area contributed by atoms with Crippen molar-refractivity contribution in [3.05, 3.63) is 22.3 Å². The van der Waals surface area contributed by atoms with Crippen LogP contribution in [0.15, 0.2) is 12.3 Å². The van der Waals surface area contributed by atoms with Crippen LogP contribution in [0.5, 0.6) is 5.88 Å². The topological polar surface area (TPSA) is 86.5 Å². The zero-order chi connectivity index (χ0) is 16.0. The number of rotatable bonds is 6. The summed E-state index contributed by atoms with van der Waals surface area (Å²) in [6, 6.07) is 1.55. The number of nitrogens with one attached hydrogen (secondary N) is 1. The Balaban J connectivity index is 0.00000264. The van der Waals surface area contributed by atoms with Crippen molar-refractivity contribution < 1.29 is 14.3 Å². The highest BCUT2D eigenvalue weighted by molar-refractivity contribution is 6.35. The molecule has 1 aromatic heterocycles. The zero-order valence-electron chi connectivity index (χ0n) is 12.9. The van der Waals surface area contributed by atoms with E-state index < -0.39 is 5.41 Å². The fourth-order valence-corrected chi connectivity index (χ4v) is 2.73. The summed E-state index contributed by atoms with van der Waals surface area (Å²) >= 11 is 11.7. The number of halogens is 4. The molecule has 0 aliphatic carbocycles. The van der Waals surface area contributed by atoms with Gasteiger partial charge < -0.3 is 20.5 Å². The van der Waals surface area contributed by atoms with Gasteiger partial charge in [-0.25, -0.2) is 4.98 Å². The van der Waals surface area contributed by atoms with Crippen LogP contribution < -0.4 is 15.8 Å². The molecular formula is C14H21Cl4N3O3. The lowest BCUT2D eigenvalue weighted by Gasteiger charge is -2.34. The smallest absolute Gasteiger partial charge is 0.232 e. The molecular weight excluding hydrogens is 400 g/mol. The van der Waals surface area contributed by atoms with Crippen molar-refractivity contribution in [3.8, 4) is 5.88 Å². The number of aromatic nitrogens is 1. The molecule has 1 fully saturated rings. The van der Waals surface area contributed by atoms with Gasteiger partial charge in [0.05, 0.1) is 17.0 Å². The SMILES string of the molecule is Cl.Cl.NCC1(C(=O)NCCOc2ncc(Cl)cc2Cl)CCOCC1. The maximum absolute atomic E-state index is 12.3. The van der Waals surface area contributed by atoms with E-state index in [2.05, 4.69) is 10.3 Å². The Labute approximate surface area is 163 Å². The lowest BCUT2D eigenvalue weighted by molar-refractivity contribution is -0.136. The first-order chi connectivity index (χ1) is 10.6. The molecule has 0 saturated carbocycles. The molecule has 0 radical (unpaired) electrons. The molecule has 6 nitrogen and oxygen atoms in total. The van der Waals surface area contributed by atoms with E-state index in [1.54, 1.807) is 6.07 Å². The third-order valence-corrected chi connectivity index (χ3v) is 4.20. The first kappa shape index (κ1) is 23.5. The van der Waals surface area contributed by atoms with Gasteiger partial charge in [0.25, 0.3) is 0 Å². The Bertz CT molecular complexity index is 528. The average molecular weight is 421 g/mol. The van der Waals surface area contributed by atoms with Crippen molar-refractivity contribution in [3.63, 3.8) is 0 Å². The minimum Gasteiger partial charge on any atom is -0.475 e. The maximum atomic E-state index is 12.3. The van der Waals surface area contributed by atoms with Crippen LogP contribution in [0.2, 0.25) is 10.0 Å². The maximum Gasteiger partial charge on any atom is 0.232 e. The van der Waals surface area contributed by atoms with Gasteiger partial charge in [-0.05, 0) is 18.9 Å². The minimum atomic E-state index is -0.533. The van der Waals surface area contributed by atoms with Crippen molar-refractivity contribution >= 4 is 53.9 Å². The largest absolute Gasteiger partial charge is 0.475 e. The lowest BCUT2D eigenvalue weighted by atomic mass is 9.79. The van der Waals surface area contributed by atoms with Crippen molar-refractivity contribution in [1.82, 2.24) is 10.3 Å². The monoisotopic (exact) mass is 419 g/mol. The van der Waals surface area contributed by atoms with Crippen LogP contribution in [0.4, 0.5) is 0 Å². The summed E-state index contributed by atoms with van der Waals surface area (Å²) in [4.78, 5) is 16.3. The van der Waals surface area contributed by atoms with Gasteiger partial charge in [-0.2, -0.15) is 0 Å². The Kier molecular flexibility index (Phi) is 10.9. The third-order valence-electron chi connectivity index (χ3n) is 3.72. The molecule has 1 aliphatic heterocycles. The van der Waals surface area contributed by atoms with Gasteiger partial charge in [0.2, 0.25) is 11.8 Å². The Morgan fingerprint density at radius 2 is 2.04 bits per heavy atom. The number of hydrogen-bond acceptors (Lipinski definition) is 5. The average Bonchev–Trinajstić information content (AvgIpc) is 2.53. The second-order valence-corrected chi connectivity index (χ2v) is 5.99. The zero-order valence-corrected chi connectivity index (χ0v) is 16.1. The normalized spacial score (nSPS) is 15.6. The van der Waals surface area contributed by atoms with Crippen LogP contribution in [-0.2, 0) is 9.53 Å². The van der Waals surface area contributed by atoms with Gasteiger partial charge in [0.1, 0.15) is 11.6 Å². The van der Waals surface area contributed by atoms with Crippen LogP contribution >= 0.6 is 48.0 Å². The van der Waals surface area contributed by atoms with E-state index in [1.807, 2.05) is 0 Å². The van der Waals surface area contributed by atoms with Gasteiger partial charge in [0.15, 0.2) is 0 Å². The van der Waals surface area contributed by atoms with Crippen LogP contribution in [-0.4, -0.2) is 43.8 Å². The van der Waals surface area contributed by atoms with Crippen molar-refractivity contribution in [2.24, 2.45) is 11.1 Å². The van der Waals surface area contributed by atoms with Gasteiger partial charge in [-0.3, -0.25) is 4.79 Å². The predicted octanol–water partition coefficient (Wildman–Crippen LogP) is 2.48. The Morgan fingerprint density at radius 1 is 1.38 bits per heavy atom. The molecule has 1 aliphatic rings. The molecule has 1 amide bonds. The predicted molar refractivity (Wildman–Crippen MR) is 98.8 cm³/mol. The summed E-state index contributed by atoms with van der Waals surface area (Å²) in [6.07, 6.45) is 2.73. The molecule has 2 heterocycles. The second-order valence-electron chi connectivity index (χ2n) is 5.14. The number of hydrogen-bond donors (Lipinski definition) is 2. The van der Waals surface area contributed by atoms with E-state index in [9.17, 15) is 4.79 Å². The number of pyridine rings is 1. The molecule has 24 heavy (non-hydrogen) atoms. The molecule has 138 valence electrons. The first-order valence-electron chi connectivity index (χ1n) is 7.07. The summed E-state index contributed by atoms with van der Waals surface area (Å²) < 4.78 is 10.7. The highest BCUT2D eigenvalue weighted by atomic mass is 35.5. The number of amides is 1. The molecule has 0 bridgehead atoms. The number of carbonyl (C=O) groups excluding carboxylic acids is 1. The van der Waals surface area contributed by atoms with E-state index in [1.165, 1.54) is 6.20 Å². The third kappa shape index (κ3) is 6.10. The van der Waals surface area contributed by atoms with E-state index >= 15 is 0 Å². The molecule has 2 rings (SSSR count). The summed E-state index contributed by atoms with van der Waals surface area (Å²) in [6.45, 7) is 2.05. The first-order valence-corrected chi connectivity index (χ1v) is 7.83. The summed E-state index contributed by atoms with van der Waals surface area (Å²) in [7, 11) is 0. The summed E-state index contributed by atoms with van der Waals surface area (Å²) in [5.41, 5.74) is 5.25. The molecule has 3 N–H and O–H groups in total. The molecule has 10 heteroatoms. The number of nitrogens with zero attached hydrogens (tertiary/aromatic N) is 1. The van der Waals surface area contributed by atoms with Gasteiger partial charge in [0, 0.05) is 26.0 Å². The Morgan fingerprint density at radius 3 is 2.62 bits per heavy atom. The van der Waals surface area contributed by atoms with Gasteiger partial charge in [-0.15, -0.1) is 24.8 Å². The van der Waals surface area contributed by atoms with E-state index in [0.29, 0.717) is 55.1 Å². The van der Waals surface area contributed by atoms with E-state index in [0.717, 1.165) is 0 Å². The van der Waals surface area contributed by atoms with Crippen LogP contribution in [0.1, 0.15) is 12.8 Å². The van der Waals surface area contributed by atoms with Crippen molar-refractivity contribution in [1.29, 1.82) is 0 Å². The molecule has 1 saturated heterocycles. The van der Waals surface area contributed by atoms with E-state index in [4.69, 9.17) is 38.4 Å². The number of ether oxygens (including phenoxy) is 2. The summed E-state index contributed by atoms with van der Waals surface area (Å²) in [5, 5.41) is 3.62. The quantitative estimate of drug-likeness (QED) is 0.690. The fraction of sp³-hybridized carbons (Fsp3) is 0.571. The molecule has 0 atom stereocenters. The molecule has 0 unspecified atom stereocenters. The fourth-order valence-electron chi connectivity index (χ4n) is 2.29. The molecule has 1 aromatic rings. The standard InChI is InChI=1S/C14H19Cl2N3O3.2ClH/c15-10-7-11(16)12(19-8-10)22-6-3-18-13(20)14(9-17)1-4-21-5-2-14;;/h7-8H,1-6,9,17H2,(H,18,20);2*1H. The van der Waals surface area contributed by atoms with Crippen molar-refractivity contribution in [2.75, 3.05) is 32.9 Å². The Hall–Kier alpha value is -0.500. The highest BCUT2D eigenvalue weighted by Crippen LogP contribution is 2.29. The van der Waals surface area contributed by atoms with Crippen LogP contribution in [0, 0.1) is 5.41 Å². The summed E-state index contributed by atoms with van der Waals surface area (Å²) in [5.74, 6) is 0.233. The molecule has 0 spiro atoms. The van der Waals surface area contributed by atoms with Gasteiger partial charge in [-0.1, -0.05) is 23.2 Å². The number of nitrogens with two attached hydrogens (primary N) is 1. The molecule has 0 aromatic carbocycles. The lowest BCUT2D eigenvalue weighted by Crippen LogP contribution is -2.49. The van der Waals surface area contributed by atoms with Crippen molar-refractivity contribution in [2.45, 2.75) is 12.8 Å².